The summed E-state index contributed by atoms with van der Waals surface area (Å²) in [5.41, 5.74) is 3.73. The van der Waals surface area contributed by atoms with Crippen molar-refractivity contribution in [1.29, 1.82) is 0 Å². The van der Waals surface area contributed by atoms with Crippen molar-refractivity contribution in [2.24, 2.45) is 0 Å². The van der Waals surface area contributed by atoms with Crippen molar-refractivity contribution in [3.63, 3.8) is 0 Å². The van der Waals surface area contributed by atoms with E-state index in [4.69, 9.17) is 0 Å². The Labute approximate surface area is 180 Å². The minimum Gasteiger partial charge on any atom is -0.326 e. The monoisotopic (exact) mass is 432 g/mol. The molecule has 1 aromatic heterocycles. The van der Waals surface area contributed by atoms with E-state index in [2.05, 4.69) is 20.0 Å². The Bertz CT molecular complexity index is 1330. The van der Waals surface area contributed by atoms with E-state index in [1.807, 2.05) is 42.5 Å². The first-order chi connectivity index (χ1) is 15.0. The molecular weight excluding hydrogens is 412 g/mol. The average molecular weight is 433 g/mol. The van der Waals surface area contributed by atoms with E-state index < -0.39 is 10.0 Å². The minimum absolute atomic E-state index is 0.00109. The first kappa shape index (κ1) is 20.6. The van der Waals surface area contributed by atoms with Crippen LogP contribution in [0.5, 0.6) is 0 Å². The maximum atomic E-state index is 12.3. The SMILES string of the molecule is O=C(CCNS(=O)(=O)c1ccccc1)Nc1cccc(-c2cnc3ccccc3n2)c1. The average Bonchev–Trinajstić information content (AvgIpc) is 2.79. The smallest absolute Gasteiger partial charge is 0.240 e. The van der Waals surface area contributed by atoms with Crippen LogP contribution >= 0.6 is 0 Å². The van der Waals surface area contributed by atoms with Crippen molar-refractivity contribution in [3.05, 3.63) is 85.1 Å². The van der Waals surface area contributed by atoms with E-state index in [-0.39, 0.29) is 23.8 Å². The molecule has 0 saturated carbocycles. The molecule has 1 amide bonds. The topological polar surface area (TPSA) is 101 Å². The fourth-order valence-corrected chi connectivity index (χ4v) is 4.11. The number of fused-ring (bicyclic) bond motifs is 1. The Hall–Kier alpha value is -3.62. The fourth-order valence-electron chi connectivity index (χ4n) is 3.06. The van der Waals surface area contributed by atoms with Crippen LogP contribution in [0.2, 0.25) is 0 Å². The summed E-state index contributed by atoms with van der Waals surface area (Å²) in [6, 6.07) is 22.9. The van der Waals surface area contributed by atoms with Crippen LogP contribution in [0.3, 0.4) is 0 Å². The number of hydrogen-bond acceptors (Lipinski definition) is 5. The molecule has 4 aromatic rings. The number of aromatic nitrogens is 2. The van der Waals surface area contributed by atoms with Gasteiger partial charge in [-0.15, -0.1) is 0 Å². The van der Waals surface area contributed by atoms with Crippen LogP contribution < -0.4 is 10.0 Å². The van der Waals surface area contributed by atoms with Crippen molar-refractivity contribution in [2.75, 3.05) is 11.9 Å². The van der Waals surface area contributed by atoms with Crippen LogP contribution in [0.1, 0.15) is 6.42 Å². The molecule has 0 atom stereocenters. The lowest BCUT2D eigenvalue weighted by Crippen LogP contribution is -2.27. The summed E-state index contributed by atoms with van der Waals surface area (Å²) in [5.74, 6) is -0.294. The minimum atomic E-state index is -3.63. The molecule has 4 rings (SSSR count). The zero-order chi connectivity index (χ0) is 21.7. The predicted octanol–water partition coefficient (Wildman–Crippen LogP) is 3.60. The van der Waals surface area contributed by atoms with Crippen molar-refractivity contribution < 1.29 is 13.2 Å². The Balaban J connectivity index is 1.38. The van der Waals surface area contributed by atoms with Gasteiger partial charge in [0.25, 0.3) is 0 Å². The number of anilines is 1. The molecule has 0 fully saturated rings. The number of sulfonamides is 1. The molecule has 0 aliphatic rings. The van der Waals surface area contributed by atoms with Gasteiger partial charge in [0, 0.05) is 24.2 Å². The maximum absolute atomic E-state index is 12.3. The summed E-state index contributed by atoms with van der Waals surface area (Å²) in [6.07, 6.45) is 1.70. The highest BCUT2D eigenvalue weighted by atomic mass is 32.2. The van der Waals surface area contributed by atoms with E-state index in [0.717, 1.165) is 16.6 Å². The molecule has 156 valence electrons. The van der Waals surface area contributed by atoms with E-state index in [0.29, 0.717) is 11.4 Å². The number of para-hydroxylation sites is 2. The summed E-state index contributed by atoms with van der Waals surface area (Å²) in [5, 5.41) is 2.79. The second-order valence-corrected chi connectivity index (χ2v) is 8.60. The molecule has 7 nitrogen and oxygen atoms in total. The van der Waals surface area contributed by atoms with Gasteiger partial charge in [-0.05, 0) is 36.4 Å². The van der Waals surface area contributed by atoms with Crippen LogP contribution in [-0.2, 0) is 14.8 Å². The third kappa shape index (κ3) is 5.11. The van der Waals surface area contributed by atoms with Gasteiger partial charge in [0.15, 0.2) is 0 Å². The van der Waals surface area contributed by atoms with Crippen LogP contribution in [0.4, 0.5) is 5.69 Å². The summed E-state index contributed by atoms with van der Waals surface area (Å²) in [6.45, 7) is -0.00109. The van der Waals surface area contributed by atoms with Gasteiger partial charge < -0.3 is 5.32 Å². The molecule has 0 spiro atoms. The Kier molecular flexibility index (Phi) is 6.01. The van der Waals surface area contributed by atoms with Gasteiger partial charge in [0.05, 0.1) is 27.8 Å². The molecule has 2 N–H and O–H groups in total. The number of nitrogens with zero attached hydrogens (tertiary/aromatic N) is 2. The number of hydrogen-bond donors (Lipinski definition) is 2. The lowest BCUT2D eigenvalue weighted by atomic mass is 10.1. The Morgan fingerprint density at radius 2 is 1.61 bits per heavy atom. The van der Waals surface area contributed by atoms with Crippen molar-refractivity contribution in [3.8, 4) is 11.3 Å². The van der Waals surface area contributed by atoms with Crippen LogP contribution in [0.15, 0.2) is 90.0 Å². The third-order valence-electron chi connectivity index (χ3n) is 4.59. The maximum Gasteiger partial charge on any atom is 0.240 e. The Morgan fingerprint density at radius 1 is 0.871 bits per heavy atom. The first-order valence-corrected chi connectivity index (χ1v) is 11.2. The number of rotatable bonds is 7. The predicted molar refractivity (Wildman–Crippen MR) is 120 cm³/mol. The lowest BCUT2D eigenvalue weighted by molar-refractivity contribution is -0.116. The van der Waals surface area contributed by atoms with Crippen molar-refractivity contribution in [1.82, 2.24) is 14.7 Å². The lowest BCUT2D eigenvalue weighted by Gasteiger charge is -2.09. The molecule has 0 aliphatic heterocycles. The van der Waals surface area contributed by atoms with Gasteiger partial charge in [-0.2, -0.15) is 0 Å². The van der Waals surface area contributed by atoms with Gasteiger partial charge in [-0.1, -0.05) is 42.5 Å². The largest absolute Gasteiger partial charge is 0.326 e. The van der Waals surface area contributed by atoms with Crippen molar-refractivity contribution >= 4 is 32.7 Å². The quantitative estimate of drug-likeness (QED) is 0.465. The zero-order valence-electron chi connectivity index (χ0n) is 16.5. The molecule has 0 bridgehead atoms. The normalized spacial score (nSPS) is 11.4. The van der Waals surface area contributed by atoms with Crippen LogP contribution in [0, 0.1) is 0 Å². The second-order valence-electron chi connectivity index (χ2n) is 6.83. The molecule has 31 heavy (non-hydrogen) atoms. The number of amides is 1. The summed E-state index contributed by atoms with van der Waals surface area (Å²) < 4.78 is 26.9. The molecule has 3 aromatic carbocycles. The first-order valence-electron chi connectivity index (χ1n) is 9.68. The number of carbonyl (C=O) groups is 1. The van der Waals surface area contributed by atoms with Crippen LogP contribution in [0.25, 0.3) is 22.3 Å². The Morgan fingerprint density at radius 3 is 2.42 bits per heavy atom. The second kappa shape index (κ2) is 9.03. The fraction of sp³-hybridized carbons (Fsp3) is 0.0870. The molecule has 1 heterocycles. The van der Waals surface area contributed by atoms with Crippen LogP contribution in [-0.4, -0.2) is 30.8 Å². The zero-order valence-corrected chi connectivity index (χ0v) is 17.3. The van der Waals surface area contributed by atoms with Gasteiger partial charge in [0.2, 0.25) is 15.9 Å². The van der Waals surface area contributed by atoms with Crippen molar-refractivity contribution in [2.45, 2.75) is 11.3 Å². The summed E-state index contributed by atoms with van der Waals surface area (Å²) in [7, 11) is -3.63. The van der Waals surface area contributed by atoms with E-state index in [1.54, 1.807) is 30.5 Å². The molecule has 8 heteroatoms. The number of nitrogens with one attached hydrogen (secondary N) is 2. The molecule has 0 radical (unpaired) electrons. The molecule has 0 aliphatic carbocycles. The van der Waals surface area contributed by atoms with E-state index >= 15 is 0 Å². The number of carbonyl (C=O) groups excluding carboxylic acids is 1. The van der Waals surface area contributed by atoms with Gasteiger partial charge >= 0.3 is 0 Å². The summed E-state index contributed by atoms with van der Waals surface area (Å²) in [4.78, 5) is 21.5. The molecule has 0 saturated heterocycles. The third-order valence-corrected chi connectivity index (χ3v) is 6.07. The standard InChI is InChI=1S/C23H20N4O3S/c28-23(13-14-25-31(29,30)19-9-2-1-3-10-19)26-18-8-6-7-17(15-18)22-16-24-20-11-4-5-12-21(20)27-22/h1-12,15-16,25H,13-14H2,(H,26,28). The highest BCUT2D eigenvalue weighted by Gasteiger charge is 2.13. The number of benzene rings is 3. The highest BCUT2D eigenvalue weighted by molar-refractivity contribution is 7.89. The van der Waals surface area contributed by atoms with Gasteiger partial charge in [0.1, 0.15) is 0 Å². The van der Waals surface area contributed by atoms with Gasteiger partial charge in [-0.25, -0.2) is 18.1 Å². The van der Waals surface area contributed by atoms with E-state index in [9.17, 15) is 13.2 Å². The molecular formula is C23H20N4O3S. The van der Waals surface area contributed by atoms with Gasteiger partial charge in [-0.3, -0.25) is 9.78 Å². The molecule has 0 unspecified atom stereocenters. The van der Waals surface area contributed by atoms with E-state index in [1.165, 1.54) is 12.1 Å². The summed E-state index contributed by atoms with van der Waals surface area (Å²) >= 11 is 0. The highest BCUT2D eigenvalue weighted by Crippen LogP contribution is 2.22.